The Balaban J connectivity index is 0.00000380. The molecule has 4 rings (SSSR count). The first-order valence-electron chi connectivity index (χ1n) is 11.9. The Hall–Kier alpha value is -3.15. The van der Waals surface area contributed by atoms with E-state index in [9.17, 15) is 9.59 Å². The number of nitrogens with zero attached hydrogens (tertiary/aromatic N) is 4. The molecule has 3 aromatic rings. The Morgan fingerprint density at radius 2 is 1.81 bits per heavy atom. The van der Waals surface area contributed by atoms with Gasteiger partial charge in [-0.2, -0.15) is 11.8 Å². The molecule has 0 bridgehead atoms. The second kappa shape index (κ2) is 12.9. The van der Waals surface area contributed by atoms with Gasteiger partial charge in [0.15, 0.2) is 11.5 Å². The van der Waals surface area contributed by atoms with Gasteiger partial charge in [-0.1, -0.05) is 43.8 Å². The number of benzene rings is 1. The lowest BCUT2D eigenvalue weighted by Gasteiger charge is -2.26. The molecule has 0 unspecified atom stereocenters. The molecule has 2 amide bonds. The average Bonchev–Trinajstić information content (AvgIpc) is 3.32. The maximum atomic E-state index is 12.8. The summed E-state index contributed by atoms with van der Waals surface area (Å²) in [6.45, 7) is 5.18. The van der Waals surface area contributed by atoms with Crippen molar-refractivity contribution in [2.75, 3.05) is 31.2 Å². The van der Waals surface area contributed by atoms with Gasteiger partial charge in [0.2, 0.25) is 5.91 Å². The quantitative estimate of drug-likeness (QED) is 0.434. The largest absolute Gasteiger partial charge is 0.443 e. The minimum atomic E-state index is -1.09. The number of carbonyl (C=O) groups excluding carboxylic acids is 2. The van der Waals surface area contributed by atoms with Crippen molar-refractivity contribution >= 4 is 29.4 Å². The highest BCUT2D eigenvalue weighted by atomic mass is 32.2. The number of carbonyl (C=O) groups is 2. The van der Waals surface area contributed by atoms with E-state index in [1.165, 1.54) is 0 Å². The fraction of sp³-hybridized carbons (Fsp3) is 0.462. The predicted molar refractivity (Wildman–Crippen MR) is 144 cm³/mol. The van der Waals surface area contributed by atoms with Crippen LogP contribution >= 0.6 is 11.8 Å². The summed E-state index contributed by atoms with van der Waals surface area (Å²) >= 11 is 1.82. The van der Waals surface area contributed by atoms with E-state index in [0.29, 0.717) is 36.9 Å². The maximum Gasteiger partial charge on any atom is 0.410 e. The third kappa shape index (κ3) is 7.43. The summed E-state index contributed by atoms with van der Waals surface area (Å²) < 4.78 is 13.4. The van der Waals surface area contributed by atoms with Gasteiger partial charge in [-0.25, -0.2) is 4.79 Å². The van der Waals surface area contributed by atoms with Crippen LogP contribution in [-0.4, -0.2) is 68.2 Å². The highest BCUT2D eigenvalue weighted by Crippen LogP contribution is 2.19. The van der Waals surface area contributed by atoms with Crippen molar-refractivity contribution in [3.63, 3.8) is 0 Å². The summed E-state index contributed by atoms with van der Waals surface area (Å²) in [6, 6.07) is 14.6. The molecule has 1 atom stereocenters. The molecule has 0 spiro atoms. The van der Waals surface area contributed by atoms with Gasteiger partial charge in [0, 0.05) is 24.6 Å². The number of fused-ring (bicyclic) bond motifs is 1. The lowest BCUT2D eigenvalue weighted by molar-refractivity contribution is -0.126. The molecule has 3 heterocycles. The van der Waals surface area contributed by atoms with Crippen LogP contribution in [0.2, 0.25) is 0 Å². The molecular weight excluding hydrogens is 492 g/mol. The fourth-order valence-electron chi connectivity index (χ4n) is 3.74. The molecule has 1 saturated heterocycles. The Labute approximate surface area is 221 Å². The first-order chi connectivity index (χ1) is 17.3. The maximum absolute atomic E-state index is 12.8. The van der Waals surface area contributed by atoms with E-state index in [2.05, 4.69) is 15.5 Å². The molecule has 11 heteroatoms. The number of aromatic nitrogens is 3. The van der Waals surface area contributed by atoms with Gasteiger partial charge >= 0.3 is 6.09 Å². The molecular formula is C26H36N6O4S. The van der Waals surface area contributed by atoms with E-state index >= 15 is 0 Å². The van der Waals surface area contributed by atoms with Crippen LogP contribution in [0.25, 0.3) is 5.65 Å². The van der Waals surface area contributed by atoms with Crippen molar-refractivity contribution in [2.45, 2.75) is 46.1 Å². The minimum Gasteiger partial charge on any atom is -0.443 e. The zero-order valence-electron chi connectivity index (χ0n) is 20.6. The van der Waals surface area contributed by atoms with Gasteiger partial charge in [0.05, 0.1) is 24.4 Å². The second-order valence-corrected chi connectivity index (χ2v) is 10.4. The summed E-state index contributed by atoms with van der Waals surface area (Å²) in [6.07, 6.45) is -0.345. The predicted octanol–water partition coefficient (Wildman–Crippen LogP) is 3.16. The van der Waals surface area contributed by atoms with Crippen LogP contribution in [-0.2, 0) is 27.5 Å². The number of amides is 2. The molecule has 1 fully saturated rings. The molecule has 1 aliphatic rings. The Morgan fingerprint density at radius 3 is 2.51 bits per heavy atom. The van der Waals surface area contributed by atoms with Crippen LogP contribution in [0, 0.1) is 0 Å². The zero-order chi connectivity index (χ0) is 25.5. The minimum absolute atomic E-state index is 0. The molecule has 2 aromatic heterocycles. The van der Waals surface area contributed by atoms with Crippen LogP contribution in [0.15, 0.2) is 48.5 Å². The van der Waals surface area contributed by atoms with E-state index in [-0.39, 0.29) is 32.6 Å². The van der Waals surface area contributed by atoms with Crippen molar-refractivity contribution in [1.29, 1.82) is 0 Å². The highest BCUT2D eigenvalue weighted by Gasteiger charge is 2.29. The summed E-state index contributed by atoms with van der Waals surface area (Å²) in [5, 5.41) is 11.6. The van der Waals surface area contributed by atoms with Gasteiger partial charge in [0.1, 0.15) is 12.6 Å². The molecule has 200 valence electrons. The van der Waals surface area contributed by atoms with Gasteiger partial charge in [-0.3, -0.25) is 9.20 Å². The van der Waals surface area contributed by atoms with Gasteiger partial charge in [0.25, 0.3) is 0 Å². The lowest BCUT2D eigenvalue weighted by Crippen LogP contribution is -2.51. The summed E-state index contributed by atoms with van der Waals surface area (Å²) in [5.41, 5.74) is 7.21. The molecule has 0 radical (unpaired) electrons. The van der Waals surface area contributed by atoms with Crippen LogP contribution in [0.5, 0.6) is 0 Å². The lowest BCUT2D eigenvalue weighted by atomic mass is 10.1. The number of pyridine rings is 1. The standard InChI is InChI=1S/C25H32N6O4S.CH4/c1-25(2,26)23(32)27-20(17-34-15-18-7-4-3-5-8-18)22-29-28-21-10-6-9-19(31(21)22)16-35-24(33)30-11-13-36-14-12-30;/h3-10,20H,11-17,26H2,1-2H3,(H,27,32);1H4/t20-;/m1./s1. The van der Waals surface area contributed by atoms with Crippen molar-refractivity contribution in [1.82, 2.24) is 24.8 Å². The smallest absolute Gasteiger partial charge is 0.410 e. The number of hydrogen-bond acceptors (Lipinski definition) is 8. The van der Waals surface area contributed by atoms with Crippen LogP contribution < -0.4 is 11.1 Å². The van der Waals surface area contributed by atoms with Crippen molar-refractivity contribution in [3.05, 3.63) is 65.6 Å². The summed E-state index contributed by atoms with van der Waals surface area (Å²) in [4.78, 5) is 27.1. The Kier molecular flexibility index (Phi) is 9.90. The number of rotatable bonds is 9. The molecule has 37 heavy (non-hydrogen) atoms. The van der Waals surface area contributed by atoms with Crippen LogP contribution in [0.1, 0.15) is 44.4 Å². The fourth-order valence-corrected chi connectivity index (χ4v) is 4.64. The summed E-state index contributed by atoms with van der Waals surface area (Å²) in [7, 11) is 0. The summed E-state index contributed by atoms with van der Waals surface area (Å²) in [5.74, 6) is 1.93. The molecule has 1 aliphatic heterocycles. The first-order valence-corrected chi connectivity index (χ1v) is 13.0. The van der Waals surface area contributed by atoms with Crippen molar-refractivity contribution in [3.8, 4) is 0 Å². The van der Waals surface area contributed by atoms with E-state index in [0.717, 1.165) is 17.1 Å². The van der Waals surface area contributed by atoms with Crippen LogP contribution in [0.3, 0.4) is 0 Å². The number of thioether (sulfide) groups is 1. The first kappa shape index (κ1) is 28.4. The Bertz CT molecular complexity index is 1170. The molecule has 10 nitrogen and oxygen atoms in total. The van der Waals surface area contributed by atoms with Crippen molar-refractivity contribution < 1.29 is 19.1 Å². The Morgan fingerprint density at radius 1 is 1.08 bits per heavy atom. The third-order valence-electron chi connectivity index (χ3n) is 5.75. The van der Waals surface area contributed by atoms with E-state index in [1.54, 1.807) is 29.2 Å². The van der Waals surface area contributed by atoms with Crippen LogP contribution in [0.4, 0.5) is 4.79 Å². The molecule has 3 N–H and O–H groups in total. The molecule has 0 aliphatic carbocycles. The molecule has 1 aromatic carbocycles. The SMILES string of the molecule is C.CC(C)(N)C(=O)N[C@H](COCc1ccccc1)c1nnc2cccc(COC(=O)N3CCSCC3)n12. The normalized spacial score (nSPS) is 14.6. The number of nitrogens with one attached hydrogen (secondary N) is 1. The average molecular weight is 529 g/mol. The third-order valence-corrected chi connectivity index (χ3v) is 6.69. The highest BCUT2D eigenvalue weighted by molar-refractivity contribution is 7.99. The van der Waals surface area contributed by atoms with Gasteiger partial charge in [-0.15, -0.1) is 10.2 Å². The monoisotopic (exact) mass is 528 g/mol. The zero-order valence-corrected chi connectivity index (χ0v) is 21.4. The number of nitrogens with two attached hydrogens (primary N) is 1. The van der Waals surface area contributed by atoms with E-state index < -0.39 is 11.6 Å². The molecule has 0 saturated carbocycles. The number of ether oxygens (including phenoxy) is 2. The van der Waals surface area contributed by atoms with E-state index in [4.69, 9.17) is 15.2 Å². The number of hydrogen-bond donors (Lipinski definition) is 2. The van der Waals surface area contributed by atoms with Gasteiger partial charge < -0.3 is 25.4 Å². The van der Waals surface area contributed by atoms with Crippen molar-refractivity contribution in [2.24, 2.45) is 5.73 Å². The van der Waals surface area contributed by atoms with E-state index in [1.807, 2.05) is 54.2 Å². The second-order valence-electron chi connectivity index (χ2n) is 9.17. The topological polar surface area (TPSA) is 124 Å². The van der Waals surface area contributed by atoms with Gasteiger partial charge in [-0.05, 0) is 31.5 Å².